The minimum Gasteiger partial charge on any atom is -0.390 e. The number of thioether (sulfide) groups is 1. The Hall–Kier alpha value is -3.83. The number of hydrogen-bond donors (Lipinski definition) is 2. The van der Waals surface area contributed by atoms with Crippen LogP contribution in [0.2, 0.25) is 0 Å². The molecule has 0 amide bonds. The number of nitro benzene ring substituents is 1. The van der Waals surface area contributed by atoms with E-state index in [0.29, 0.717) is 18.0 Å². The highest BCUT2D eigenvalue weighted by molar-refractivity contribution is 7.98. The maximum atomic E-state index is 11.9. The zero-order chi connectivity index (χ0) is 38.3. The van der Waals surface area contributed by atoms with E-state index in [-0.39, 0.29) is 22.2 Å². The summed E-state index contributed by atoms with van der Waals surface area (Å²) >= 11 is 3.17. The molecule has 0 unspecified atom stereocenters. The van der Waals surface area contributed by atoms with Crippen LogP contribution in [0.5, 0.6) is 0 Å². The normalized spacial score (nSPS) is 16.0. The van der Waals surface area contributed by atoms with Gasteiger partial charge in [-0.3, -0.25) is 24.6 Å². The number of aliphatic hydroxyl groups excluding tert-OH is 1. The lowest BCUT2D eigenvalue weighted by Crippen LogP contribution is -2.50. The van der Waals surface area contributed by atoms with E-state index >= 15 is 0 Å². The van der Waals surface area contributed by atoms with Gasteiger partial charge in [-0.05, 0) is 79.1 Å². The van der Waals surface area contributed by atoms with Crippen LogP contribution >= 0.6 is 23.1 Å². The van der Waals surface area contributed by atoms with Crippen LogP contribution < -0.4 is 5.32 Å². The predicted octanol–water partition coefficient (Wildman–Crippen LogP) is 8.29. The molecule has 52 heavy (non-hydrogen) atoms. The number of likely N-dealkylation sites (tertiary alicyclic amines) is 1. The molecule has 0 bridgehead atoms. The first-order chi connectivity index (χ1) is 24.3. The van der Waals surface area contributed by atoms with E-state index in [9.17, 15) is 51.2 Å². The first-order valence-corrected chi connectivity index (χ1v) is 18.0. The summed E-state index contributed by atoms with van der Waals surface area (Å²) in [7, 11) is 0. The Kier molecular flexibility index (Phi) is 13.6. The number of β-amino-alcohol motifs (C(OH)–C–C–N with tert-alkyl or cyclic N) is 1. The number of carbonyl (C=O) groups excluding carboxylic acids is 2. The van der Waals surface area contributed by atoms with Crippen molar-refractivity contribution >= 4 is 51.1 Å². The number of nitro groups is 1. The molecule has 8 nitrogen and oxygen atoms in total. The zero-order valence-electron chi connectivity index (χ0n) is 28.2. The van der Waals surface area contributed by atoms with Crippen molar-refractivity contribution in [3.63, 3.8) is 0 Å². The molecule has 4 aromatic rings. The van der Waals surface area contributed by atoms with Crippen molar-refractivity contribution in [1.29, 1.82) is 0 Å². The molecule has 5 rings (SSSR count). The smallest absolute Gasteiger partial charge is 0.390 e. The number of ketones is 2. The fourth-order valence-electron chi connectivity index (χ4n) is 5.88. The van der Waals surface area contributed by atoms with E-state index < -0.39 is 30.0 Å². The van der Waals surface area contributed by atoms with Crippen molar-refractivity contribution in [3.8, 4) is 0 Å². The van der Waals surface area contributed by atoms with Crippen molar-refractivity contribution in [1.82, 2.24) is 10.2 Å². The predicted molar refractivity (Wildman–Crippen MR) is 188 cm³/mol. The van der Waals surface area contributed by atoms with Crippen molar-refractivity contribution in [3.05, 3.63) is 104 Å². The number of halogens is 6. The average Bonchev–Trinajstić information content (AvgIpc) is 3.78. The molecule has 0 aliphatic carbocycles. The Morgan fingerprint density at radius 2 is 1.62 bits per heavy atom. The third kappa shape index (κ3) is 11.6. The number of aliphatic hydroxyl groups is 1. The summed E-state index contributed by atoms with van der Waals surface area (Å²) in [4.78, 5) is 35.0. The van der Waals surface area contributed by atoms with Crippen molar-refractivity contribution in [2.75, 3.05) is 13.1 Å². The van der Waals surface area contributed by atoms with Crippen molar-refractivity contribution in [2.45, 2.75) is 80.3 Å². The maximum Gasteiger partial charge on any atom is 0.458 e. The second kappa shape index (κ2) is 17.3. The minimum absolute atomic E-state index is 0.0240. The minimum atomic E-state index is -5.77. The van der Waals surface area contributed by atoms with Gasteiger partial charge in [-0.15, -0.1) is 23.1 Å². The number of thiophene rings is 1. The van der Waals surface area contributed by atoms with Gasteiger partial charge in [-0.1, -0.05) is 54.6 Å². The number of Topliss-reactive ketones (excluding diaryl/α,β-unsaturated/α-hetero) is 2. The molecule has 1 aliphatic heterocycles. The van der Waals surface area contributed by atoms with Crippen LogP contribution in [0.1, 0.15) is 42.7 Å². The summed E-state index contributed by atoms with van der Waals surface area (Å²) in [6, 6.07) is 24.7. The van der Waals surface area contributed by atoms with Gasteiger partial charge in [-0.25, -0.2) is 0 Å². The number of carbonyl (C=O) groups is 2. The number of benzene rings is 3. The highest BCUT2D eigenvalue weighted by Crippen LogP contribution is 2.34. The highest BCUT2D eigenvalue weighted by atomic mass is 32.2. The van der Waals surface area contributed by atoms with Crippen LogP contribution in [0.4, 0.5) is 32.0 Å². The summed E-state index contributed by atoms with van der Waals surface area (Å²) in [5, 5.41) is 31.2. The first kappa shape index (κ1) is 40.9. The molecule has 16 heteroatoms. The third-order valence-corrected chi connectivity index (χ3v) is 10.6. The largest absolute Gasteiger partial charge is 0.458 e. The Bertz CT molecular complexity index is 1830. The highest BCUT2D eigenvalue weighted by Gasteiger charge is 2.54. The molecular formula is C36H37F6N3O5S2. The molecule has 1 saturated heterocycles. The second-order valence-electron chi connectivity index (χ2n) is 13.0. The molecule has 3 aromatic carbocycles. The van der Waals surface area contributed by atoms with Crippen LogP contribution in [-0.4, -0.2) is 69.6 Å². The van der Waals surface area contributed by atoms with Gasteiger partial charge in [0, 0.05) is 41.4 Å². The number of fused-ring (bicyclic) bond motifs is 1. The van der Waals surface area contributed by atoms with Crippen molar-refractivity contribution < 1.29 is 46.0 Å². The van der Waals surface area contributed by atoms with E-state index in [0.717, 1.165) is 37.1 Å². The fraction of sp³-hybridized carbons (Fsp3) is 0.389. The van der Waals surface area contributed by atoms with E-state index in [2.05, 4.69) is 72.6 Å². The molecule has 1 aromatic heterocycles. The lowest BCUT2D eigenvalue weighted by Gasteiger charge is -2.33. The molecule has 1 fully saturated rings. The van der Waals surface area contributed by atoms with Gasteiger partial charge < -0.3 is 10.4 Å². The summed E-state index contributed by atoms with van der Waals surface area (Å²) < 4.78 is 67.0. The first-order valence-electron chi connectivity index (χ1n) is 16.1. The second-order valence-corrected chi connectivity index (χ2v) is 15.0. The molecule has 280 valence electrons. The van der Waals surface area contributed by atoms with Gasteiger partial charge in [-0.2, -0.15) is 26.3 Å². The summed E-state index contributed by atoms with van der Waals surface area (Å²) in [5.74, 6) is -6.09. The maximum absolute atomic E-state index is 11.9. The number of nitrogens with one attached hydrogen (secondary N) is 1. The molecule has 1 aliphatic rings. The topological polar surface area (TPSA) is 113 Å². The van der Waals surface area contributed by atoms with Gasteiger partial charge in [0.25, 0.3) is 5.69 Å². The summed E-state index contributed by atoms with van der Waals surface area (Å²) in [6.45, 7) is 6.33. The molecule has 0 saturated carbocycles. The van der Waals surface area contributed by atoms with E-state index in [4.69, 9.17) is 0 Å². The number of nitrogens with zero attached hydrogens (tertiary/aromatic N) is 2. The van der Waals surface area contributed by atoms with E-state index in [1.807, 2.05) is 23.6 Å². The van der Waals surface area contributed by atoms with Gasteiger partial charge in [0.05, 0.1) is 15.9 Å². The van der Waals surface area contributed by atoms with Gasteiger partial charge >= 0.3 is 23.9 Å². The molecular weight excluding hydrogens is 733 g/mol. The van der Waals surface area contributed by atoms with Gasteiger partial charge in [0.2, 0.25) is 0 Å². The number of rotatable bonds is 13. The number of alkyl halides is 6. The Labute approximate surface area is 304 Å². The van der Waals surface area contributed by atoms with Gasteiger partial charge in [0.1, 0.15) is 0 Å². The van der Waals surface area contributed by atoms with Crippen LogP contribution in [-0.2, 0) is 28.3 Å². The van der Waals surface area contributed by atoms with E-state index in [1.165, 1.54) is 33.0 Å². The summed E-state index contributed by atoms with van der Waals surface area (Å²) in [6.07, 6.45) is -9.27. The quantitative estimate of drug-likeness (QED) is 0.0460. The monoisotopic (exact) mass is 769 g/mol. The fourth-order valence-corrected chi connectivity index (χ4v) is 7.66. The lowest BCUT2D eigenvalue weighted by molar-refractivity contribution is -0.387. The third-order valence-electron chi connectivity index (χ3n) is 8.38. The average molecular weight is 770 g/mol. The van der Waals surface area contributed by atoms with Crippen molar-refractivity contribution in [2.24, 2.45) is 0 Å². The molecule has 0 spiro atoms. The molecule has 2 N–H and O–H groups in total. The standard InChI is InChI=1S/C32H37N3O3S2.C4F6O2/c1-32(2,19-23-11-13-25-7-3-4-8-26(25)17-23)33-20-30(36)28-10-5-15-34(28)21-24-12-14-31(29(18-24)35(37)38)40-22-27-9-6-16-39-27;5-3(6,7)1(11)2(12)4(8,9)10/h3-4,6-9,11-14,16-18,28,30,33,36H,5,10,15,19-22H2,1-2H3;/t28-,30-;/m1./s1. The molecule has 2 heterocycles. The van der Waals surface area contributed by atoms with Crippen LogP contribution in [0.25, 0.3) is 10.8 Å². The van der Waals surface area contributed by atoms with E-state index in [1.54, 1.807) is 17.4 Å². The van der Waals surface area contributed by atoms with Crippen LogP contribution in [0.3, 0.4) is 0 Å². The molecule has 2 atom stereocenters. The molecule has 0 radical (unpaired) electrons. The SMILES string of the molecule is CC(C)(Cc1ccc2ccccc2c1)NC[C@@H](O)[C@H]1CCCN1Cc1ccc(SCc2cccs2)c([N+](=O)[O-])c1.O=C(C(=O)C(F)(F)F)C(F)(F)F. The summed E-state index contributed by atoms with van der Waals surface area (Å²) in [5.41, 5.74) is 2.17. The number of hydrogen-bond acceptors (Lipinski definition) is 9. The Balaban J connectivity index is 0.000000434. The van der Waals surface area contributed by atoms with Gasteiger partial charge in [0.15, 0.2) is 0 Å². The zero-order valence-corrected chi connectivity index (χ0v) is 29.8. The lowest BCUT2D eigenvalue weighted by atomic mass is 9.93. The van der Waals surface area contributed by atoms with Crippen LogP contribution in [0, 0.1) is 10.1 Å². The van der Waals surface area contributed by atoms with Crippen LogP contribution in [0.15, 0.2) is 83.1 Å². The Morgan fingerprint density at radius 3 is 2.23 bits per heavy atom. The Morgan fingerprint density at radius 1 is 0.962 bits per heavy atom.